The Morgan fingerprint density at radius 2 is 1.52 bits per heavy atom. The maximum atomic E-state index is 13.7. The summed E-state index contributed by atoms with van der Waals surface area (Å²) < 4.78 is 65.8. The van der Waals surface area contributed by atoms with Gasteiger partial charge in [-0.05, 0) is 44.3 Å². The number of rotatable bonds is 5. The molecule has 0 unspecified atom stereocenters. The first-order chi connectivity index (χ1) is 10.7. The Morgan fingerprint density at radius 1 is 0.913 bits per heavy atom. The number of hydrogen-bond acceptors (Lipinski definition) is 4. The third kappa shape index (κ3) is 3.87. The Labute approximate surface area is 134 Å². The molecule has 2 N–H and O–H groups in total. The Hall–Kier alpha value is -1.97. The van der Waals surface area contributed by atoms with Crippen molar-refractivity contribution in [3.8, 4) is 0 Å². The van der Waals surface area contributed by atoms with E-state index in [-0.39, 0.29) is 10.6 Å². The summed E-state index contributed by atoms with van der Waals surface area (Å²) in [4.78, 5) is -0.616. The highest BCUT2D eigenvalue weighted by molar-refractivity contribution is 7.92. The first kappa shape index (κ1) is 17.4. The van der Waals surface area contributed by atoms with Crippen molar-refractivity contribution in [2.45, 2.75) is 16.7 Å². The van der Waals surface area contributed by atoms with Crippen LogP contribution in [0.2, 0.25) is 0 Å². The molecule has 0 bridgehead atoms. The van der Waals surface area contributed by atoms with Gasteiger partial charge in [0.2, 0.25) is 10.0 Å². The van der Waals surface area contributed by atoms with E-state index in [4.69, 9.17) is 0 Å². The molecule has 6 nitrogen and oxygen atoms in total. The first-order valence-corrected chi connectivity index (χ1v) is 9.45. The molecule has 0 aliphatic heterocycles. The molecule has 2 aromatic carbocycles. The molecular formula is C14H15FN2O4S2. The van der Waals surface area contributed by atoms with Gasteiger partial charge in [-0.2, -0.15) is 0 Å². The molecule has 0 aliphatic rings. The summed E-state index contributed by atoms with van der Waals surface area (Å²) in [5.74, 6) is -0.974. The molecule has 0 atom stereocenters. The van der Waals surface area contributed by atoms with Crippen LogP contribution in [0.5, 0.6) is 0 Å². The predicted molar refractivity (Wildman–Crippen MR) is 84.6 cm³/mol. The number of sulfonamides is 2. The summed E-state index contributed by atoms with van der Waals surface area (Å²) in [6.45, 7) is 1.82. The van der Waals surface area contributed by atoms with Crippen molar-refractivity contribution in [2.75, 3.05) is 11.8 Å². The van der Waals surface area contributed by atoms with Crippen LogP contribution in [0.15, 0.2) is 52.3 Å². The fourth-order valence-electron chi connectivity index (χ4n) is 1.81. The summed E-state index contributed by atoms with van der Waals surface area (Å²) in [6, 6.07) is 9.07. The Kier molecular flexibility index (Phi) is 4.73. The standard InChI is InChI=1S/C14H15FN2O4S2/c1-10-3-6-12(7-4-10)22(18,19)17-11-5-8-13(15)14(9-11)23(20,21)16-2/h3-9,16-17H,1-2H3. The predicted octanol–water partition coefficient (Wildman–Crippen LogP) is 1.84. The lowest BCUT2D eigenvalue weighted by molar-refractivity contribution is 0.561. The van der Waals surface area contributed by atoms with Gasteiger partial charge in [0.25, 0.3) is 10.0 Å². The van der Waals surface area contributed by atoms with E-state index in [0.717, 1.165) is 30.8 Å². The van der Waals surface area contributed by atoms with Crippen LogP contribution in [-0.4, -0.2) is 23.9 Å². The van der Waals surface area contributed by atoms with Crippen LogP contribution >= 0.6 is 0 Å². The van der Waals surface area contributed by atoms with E-state index in [1.807, 2.05) is 11.6 Å². The van der Waals surface area contributed by atoms with Gasteiger partial charge in [0, 0.05) is 0 Å². The average Bonchev–Trinajstić information content (AvgIpc) is 2.49. The fraction of sp³-hybridized carbons (Fsp3) is 0.143. The van der Waals surface area contributed by atoms with E-state index in [1.54, 1.807) is 12.1 Å². The van der Waals surface area contributed by atoms with Crippen LogP contribution in [0.25, 0.3) is 0 Å². The zero-order valence-electron chi connectivity index (χ0n) is 12.4. The molecule has 2 rings (SSSR count). The van der Waals surface area contributed by atoms with E-state index in [2.05, 4.69) is 4.72 Å². The maximum absolute atomic E-state index is 13.7. The van der Waals surface area contributed by atoms with Crippen LogP contribution < -0.4 is 9.44 Å². The molecule has 0 heterocycles. The van der Waals surface area contributed by atoms with Crippen LogP contribution in [0, 0.1) is 12.7 Å². The van der Waals surface area contributed by atoms with Gasteiger partial charge in [-0.25, -0.2) is 25.9 Å². The van der Waals surface area contributed by atoms with E-state index >= 15 is 0 Å². The number of aryl methyl sites for hydroxylation is 1. The number of halogens is 1. The molecule has 0 amide bonds. The van der Waals surface area contributed by atoms with Crippen molar-refractivity contribution in [1.29, 1.82) is 0 Å². The normalized spacial score (nSPS) is 12.1. The molecule has 23 heavy (non-hydrogen) atoms. The number of hydrogen-bond donors (Lipinski definition) is 2. The Bertz CT molecular complexity index is 924. The van der Waals surface area contributed by atoms with Gasteiger partial charge < -0.3 is 0 Å². The highest BCUT2D eigenvalue weighted by Gasteiger charge is 2.20. The molecule has 9 heteroatoms. The third-order valence-electron chi connectivity index (χ3n) is 3.07. The molecule has 0 spiro atoms. The van der Waals surface area contributed by atoms with E-state index in [1.165, 1.54) is 12.1 Å². The monoisotopic (exact) mass is 358 g/mol. The quantitative estimate of drug-likeness (QED) is 0.853. The first-order valence-electron chi connectivity index (χ1n) is 6.48. The zero-order valence-corrected chi connectivity index (χ0v) is 14.0. The van der Waals surface area contributed by atoms with Crippen molar-refractivity contribution in [1.82, 2.24) is 4.72 Å². The van der Waals surface area contributed by atoms with Gasteiger partial charge in [-0.15, -0.1) is 0 Å². The summed E-state index contributed by atoms with van der Waals surface area (Å²) in [6.07, 6.45) is 0. The van der Waals surface area contributed by atoms with Gasteiger partial charge in [0.1, 0.15) is 10.7 Å². The zero-order chi connectivity index (χ0) is 17.3. The maximum Gasteiger partial charge on any atom is 0.261 e. The number of benzene rings is 2. The second-order valence-corrected chi connectivity index (χ2v) is 8.31. The second-order valence-electron chi connectivity index (χ2n) is 4.77. The van der Waals surface area contributed by atoms with Gasteiger partial charge >= 0.3 is 0 Å². The van der Waals surface area contributed by atoms with Crippen molar-refractivity contribution in [3.63, 3.8) is 0 Å². The minimum Gasteiger partial charge on any atom is -0.280 e. The molecular weight excluding hydrogens is 343 g/mol. The Morgan fingerprint density at radius 3 is 2.09 bits per heavy atom. The summed E-state index contributed by atoms with van der Waals surface area (Å²) >= 11 is 0. The molecule has 0 aromatic heterocycles. The topological polar surface area (TPSA) is 92.3 Å². The van der Waals surface area contributed by atoms with Crippen molar-refractivity contribution in [3.05, 3.63) is 53.8 Å². The van der Waals surface area contributed by atoms with E-state index in [9.17, 15) is 21.2 Å². The second kappa shape index (κ2) is 6.26. The highest BCUT2D eigenvalue weighted by Crippen LogP contribution is 2.22. The molecule has 0 radical (unpaired) electrons. The lowest BCUT2D eigenvalue weighted by atomic mass is 10.2. The molecule has 0 fully saturated rings. The lowest BCUT2D eigenvalue weighted by Crippen LogP contribution is -2.20. The molecule has 2 aromatic rings. The third-order valence-corrected chi connectivity index (χ3v) is 5.90. The minimum absolute atomic E-state index is 0.0189. The average molecular weight is 358 g/mol. The number of anilines is 1. The van der Waals surface area contributed by atoms with Gasteiger partial charge in [0.15, 0.2) is 0 Å². The van der Waals surface area contributed by atoms with E-state index < -0.39 is 30.8 Å². The Balaban J connectivity index is 2.41. The smallest absolute Gasteiger partial charge is 0.261 e. The van der Waals surface area contributed by atoms with Gasteiger partial charge in [-0.1, -0.05) is 17.7 Å². The minimum atomic E-state index is -4.04. The highest BCUT2D eigenvalue weighted by atomic mass is 32.2. The molecule has 0 saturated heterocycles. The van der Waals surface area contributed by atoms with Gasteiger partial charge in [-0.3, -0.25) is 4.72 Å². The van der Waals surface area contributed by atoms with Crippen LogP contribution in [0.3, 0.4) is 0 Å². The van der Waals surface area contributed by atoms with Crippen LogP contribution in [0.4, 0.5) is 10.1 Å². The fourth-order valence-corrected chi connectivity index (χ4v) is 3.69. The van der Waals surface area contributed by atoms with Gasteiger partial charge in [0.05, 0.1) is 10.6 Å². The summed E-state index contributed by atoms with van der Waals surface area (Å²) in [7, 11) is -6.80. The summed E-state index contributed by atoms with van der Waals surface area (Å²) in [5.41, 5.74) is 0.842. The van der Waals surface area contributed by atoms with Crippen LogP contribution in [0.1, 0.15) is 5.56 Å². The summed E-state index contributed by atoms with van der Waals surface area (Å²) in [5, 5.41) is 0. The van der Waals surface area contributed by atoms with E-state index in [0.29, 0.717) is 0 Å². The molecule has 0 saturated carbocycles. The molecule has 124 valence electrons. The molecule has 0 aliphatic carbocycles. The lowest BCUT2D eigenvalue weighted by Gasteiger charge is -2.10. The number of nitrogens with one attached hydrogen (secondary N) is 2. The van der Waals surface area contributed by atoms with Crippen molar-refractivity contribution < 1.29 is 21.2 Å². The largest absolute Gasteiger partial charge is 0.280 e. The van der Waals surface area contributed by atoms with Crippen molar-refractivity contribution in [2.24, 2.45) is 0 Å². The SMILES string of the molecule is CNS(=O)(=O)c1cc(NS(=O)(=O)c2ccc(C)cc2)ccc1F. The van der Waals surface area contributed by atoms with Crippen LogP contribution in [-0.2, 0) is 20.0 Å². The van der Waals surface area contributed by atoms with Crippen molar-refractivity contribution >= 4 is 25.7 Å².